The van der Waals surface area contributed by atoms with Crippen LogP contribution in [0.25, 0.3) is 16.9 Å². The molecule has 0 aliphatic heterocycles. The first-order valence-electron chi connectivity index (χ1n) is 7.92. The molecular weight excluding hydrogens is 288 g/mol. The van der Waals surface area contributed by atoms with Gasteiger partial charge in [-0.05, 0) is 43.0 Å². The molecular formula is C18H18N4O. The van der Waals surface area contributed by atoms with Crippen LogP contribution in [-0.4, -0.2) is 27.0 Å². The SMILES string of the molecule is CCN(C(C)=O)c1ccc2c(c1)CCc1cn3nccc3nc1-2. The molecule has 0 atom stereocenters. The normalized spacial score (nSPS) is 12.8. The van der Waals surface area contributed by atoms with Gasteiger partial charge in [-0.15, -0.1) is 0 Å². The Kier molecular flexibility index (Phi) is 3.15. The summed E-state index contributed by atoms with van der Waals surface area (Å²) in [5.74, 6) is 0.0720. The molecule has 0 radical (unpaired) electrons. The van der Waals surface area contributed by atoms with E-state index >= 15 is 0 Å². The van der Waals surface area contributed by atoms with Gasteiger partial charge in [-0.25, -0.2) is 9.50 Å². The van der Waals surface area contributed by atoms with Crippen LogP contribution in [0.5, 0.6) is 0 Å². The zero-order valence-corrected chi connectivity index (χ0v) is 13.3. The predicted octanol–water partition coefficient (Wildman–Crippen LogP) is 2.87. The molecule has 1 amide bonds. The minimum absolute atomic E-state index is 0.0720. The standard InChI is InChI=1S/C18H18N4O/c1-3-21(12(2)23)15-6-7-16-13(10-15)4-5-14-11-22-17(8-9-19-22)20-18(14)16/h6-11H,3-5H2,1-2H3. The molecule has 4 rings (SSSR count). The van der Waals surface area contributed by atoms with Crippen molar-refractivity contribution in [2.75, 3.05) is 11.4 Å². The Bertz CT molecular complexity index is 913. The van der Waals surface area contributed by atoms with Crippen molar-refractivity contribution in [3.05, 3.63) is 47.8 Å². The monoisotopic (exact) mass is 306 g/mol. The molecule has 5 heteroatoms. The van der Waals surface area contributed by atoms with Gasteiger partial charge in [0.15, 0.2) is 5.65 Å². The number of aryl methyl sites for hydroxylation is 2. The van der Waals surface area contributed by atoms with Gasteiger partial charge in [0, 0.05) is 37.0 Å². The second-order valence-corrected chi connectivity index (χ2v) is 5.85. The Morgan fingerprint density at radius 2 is 2.09 bits per heavy atom. The lowest BCUT2D eigenvalue weighted by molar-refractivity contribution is -0.116. The zero-order chi connectivity index (χ0) is 16.0. The number of rotatable bonds is 2. The summed E-state index contributed by atoms with van der Waals surface area (Å²) in [7, 11) is 0. The number of carbonyl (C=O) groups is 1. The van der Waals surface area contributed by atoms with Crippen molar-refractivity contribution < 1.29 is 4.79 Å². The number of amides is 1. The Morgan fingerprint density at radius 1 is 1.26 bits per heavy atom. The highest BCUT2D eigenvalue weighted by Gasteiger charge is 2.20. The first-order valence-corrected chi connectivity index (χ1v) is 7.92. The van der Waals surface area contributed by atoms with Crippen molar-refractivity contribution in [3.8, 4) is 11.3 Å². The number of carbonyl (C=O) groups excluding carboxylic acids is 1. The van der Waals surface area contributed by atoms with Crippen LogP contribution in [0.3, 0.4) is 0 Å². The van der Waals surface area contributed by atoms with Crippen molar-refractivity contribution in [3.63, 3.8) is 0 Å². The number of nitrogens with zero attached hydrogens (tertiary/aromatic N) is 4. The van der Waals surface area contributed by atoms with Gasteiger partial charge < -0.3 is 4.90 Å². The number of hydrogen-bond acceptors (Lipinski definition) is 3. The average Bonchev–Trinajstić information content (AvgIpc) is 3.00. The van der Waals surface area contributed by atoms with E-state index < -0.39 is 0 Å². The number of fused-ring (bicyclic) bond motifs is 4. The van der Waals surface area contributed by atoms with Gasteiger partial charge in [-0.1, -0.05) is 6.07 Å². The van der Waals surface area contributed by atoms with Gasteiger partial charge >= 0.3 is 0 Å². The van der Waals surface area contributed by atoms with Crippen LogP contribution >= 0.6 is 0 Å². The molecule has 1 aromatic carbocycles. The molecule has 0 bridgehead atoms. The largest absolute Gasteiger partial charge is 0.313 e. The minimum Gasteiger partial charge on any atom is -0.313 e. The Hall–Kier alpha value is -2.69. The summed E-state index contributed by atoms with van der Waals surface area (Å²) in [6.07, 6.45) is 5.74. The Morgan fingerprint density at radius 3 is 2.87 bits per heavy atom. The highest BCUT2D eigenvalue weighted by atomic mass is 16.2. The van der Waals surface area contributed by atoms with Crippen molar-refractivity contribution in [1.82, 2.24) is 14.6 Å². The van der Waals surface area contributed by atoms with Gasteiger partial charge in [-0.2, -0.15) is 5.10 Å². The first-order chi connectivity index (χ1) is 11.2. The third kappa shape index (κ3) is 2.20. The van der Waals surface area contributed by atoms with Crippen molar-refractivity contribution >= 4 is 17.2 Å². The van der Waals surface area contributed by atoms with E-state index in [1.54, 1.807) is 18.0 Å². The molecule has 0 fully saturated rings. The molecule has 0 saturated carbocycles. The molecule has 2 heterocycles. The molecule has 1 aliphatic rings. The Balaban J connectivity index is 1.84. The first kappa shape index (κ1) is 13.9. The summed E-state index contributed by atoms with van der Waals surface area (Å²) in [6.45, 7) is 4.28. The average molecular weight is 306 g/mol. The summed E-state index contributed by atoms with van der Waals surface area (Å²) in [5.41, 5.74) is 6.51. The molecule has 0 spiro atoms. The second kappa shape index (κ2) is 5.19. The zero-order valence-electron chi connectivity index (χ0n) is 13.3. The number of aromatic nitrogens is 3. The highest BCUT2D eigenvalue weighted by Crippen LogP contribution is 2.34. The summed E-state index contributed by atoms with van der Waals surface area (Å²) in [6, 6.07) is 8.15. The molecule has 116 valence electrons. The maximum absolute atomic E-state index is 11.8. The van der Waals surface area contributed by atoms with E-state index in [-0.39, 0.29) is 5.91 Å². The fourth-order valence-corrected chi connectivity index (χ4v) is 3.35. The summed E-state index contributed by atoms with van der Waals surface area (Å²) >= 11 is 0. The molecule has 0 unspecified atom stereocenters. The smallest absolute Gasteiger partial charge is 0.223 e. The molecule has 1 aliphatic carbocycles. The maximum atomic E-state index is 11.8. The van der Waals surface area contributed by atoms with Gasteiger partial charge in [-0.3, -0.25) is 4.79 Å². The molecule has 0 saturated heterocycles. The fraction of sp³-hybridized carbons (Fsp3) is 0.278. The molecule has 2 aromatic heterocycles. The molecule has 23 heavy (non-hydrogen) atoms. The van der Waals surface area contributed by atoms with Crippen LogP contribution in [0, 0.1) is 0 Å². The van der Waals surface area contributed by atoms with E-state index in [0.717, 1.165) is 29.9 Å². The van der Waals surface area contributed by atoms with Crippen LogP contribution < -0.4 is 4.90 Å². The van der Waals surface area contributed by atoms with Gasteiger partial charge in [0.25, 0.3) is 0 Å². The summed E-state index contributed by atoms with van der Waals surface area (Å²) in [4.78, 5) is 18.3. The number of hydrogen-bond donors (Lipinski definition) is 0. The quantitative estimate of drug-likeness (QED) is 0.731. The van der Waals surface area contributed by atoms with Crippen LogP contribution in [0.2, 0.25) is 0 Å². The lowest BCUT2D eigenvalue weighted by Gasteiger charge is -2.24. The highest BCUT2D eigenvalue weighted by molar-refractivity contribution is 5.92. The van der Waals surface area contributed by atoms with Crippen LogP contribution in [0.1, 0.15) is 25.0 Å². The van der Waals surface area contributed by atoms with E-state index in [1.165, 1.54) is 16.7 Å². The third-order valence-corrected chi connectivity index (χ3v) is 4.47. The summed E-state index contributed by atoms with van der Waals surface area (Å²) in [5, 5.41) is 4.26. The topological polar surface area (TPSA) is 50.5 Å². The van der Waals surface area contributed by atoms with E-state index in [2.05, 4.69) is 23.4 Å². The van der Waals surface area contributed by atoms with E-state index in [1.807, 2.05) is 23.6 Å². The second-order valence-electron chi connectivity index (χ2n) is 5.85. The van der Waals surface area contributed by atoms with E-state index in [9.17, 15) is 4.79 Å². The predicted molar refractivity (Wildman–Crippen MR) is 89.5 cm³/mol. The molecule has 5 nitrogen and oxygen atoms in total. The number of anilines is 1. The van der Waals surface area contributed by atoms with Crippen molar-refractivity contribution in [1.29, 1.82) is 0 Å². The van der Waals surface area contributed by atoms with Gasteiger partial charge in [0.05, 0.1) is 11.9 Å². The Labute approximate surface area is 134 Å². The van der Waals surface area contributed by atoms with Crippen molar-refractivity contribution in [2.24, 2.45) is 0 Å². The fourth-order valence-electron chi connectivity index (χ4n) is 3.35. The lowest BCUT2D eigenvalue weighted by Crippen LogP contribution is -2.28. The third-order valence-electron chi connectivity index (χ3n) is 4.47. The lowest BCUT2D eigenvalue weighted by atomic mass is 9.89. The summed E-state index contributed by atoms with van der Waals surface area (Å²) < 4.78 is 1.83. The van der Waals surface area contributed by atoms with Crippen LogP contribution in [0.15, 0.2) is 36.7 Å². The minimum atomic E-state index is 0.0720. The maximum Gasteiger partial charge on any atom is 0.223 e. The molecule has 3 aromatic rings. The van der Waals surface area contributed by atoms with Gasteiger partial charge in [0.1, 0.15) is 0 Å². The van der Waals surface area contributed by atoms with E-state index in [4.69, 9.17) is 4.98 Å². The molecule has 0 N–H and O–H groups in total. The van der Waals surface area contributed by atoms with Crippen LogP contribution in [-0.2, 0) is 17.6 Å². The van der Waals surface area contributed by atoms with E-state index in [0.29, 0.717) is 6.54 Å². The van der Waals surface area contributed by atoms with Crippen LogP contribution in [0.4, 0.5) is 5.69 Å². The number of benzene rings is 1. The van der Waals surface area contributed by atoms with Gasteiger partial charge in [0.2, 0.25) is 5.91 Å². The van der Waals surface area contributed by atoms with Crippen molar-refractivity contribution in [2.45, 2.75) is 26.7 Å².